The second-order valence-corrected chi connectivity index (χ2v) is 7.77. The first kappa shape index (κ1) is 17.0. The molecular formula is C18H21N5O2S. The van der Waals surface area contributed by atoms with Gasteiger partial charge in [-0.25, -0.2) is 9.97 Å². The van der Waals surface area contributed by atoms with E-state index in [1.165, 1.54) is 17.7 Å². The zero-order valence-electron chi connectivity index (χ0n) is 15.1. The van der Waals surface area contributed by atoms with Gasteiger partial charge < -0.3 is 4.42 Å². The summed E-state index contributed by atoms with van der Waals surface area (Å²) in [6.45, 7) is 3.97. The molecule has 4 rings (SSSR count). The highest BCUT2D eigenvalue weighted by Gasteiger charge is 2.24. The molecule has 1 amide bonds. The number of carbonyl (C=O) groups excluding carboxylic acids is 1. The van der Waals surface area contributed by atoms with Crippen molar-refractivity contribution in [1.82, 2.24) is 19.7 Å². The van der Waals surface area contributed by atoms with Crippen molar-refractivity contribution in [2.24, 2.45) is 13.0 Å². The van der Waals surface area contributed by atoms with E-state index in [-0.39, 0.29) is 11.6 Å². The van der Waals surface area contributed by atoms with E-state index in [0.29, 0.717) is 16.8 Å². The van der Waals surface area contributed by atoms with Crippen molar-refractivity contribution in [3.8, 4) is 11.5 Å². The molecule has 3 aromatic rings. The van der Waals surface area contributed by atoms with Gasteiger partial charge in [0.15, 0.2) is 10.8 Å². The Balaban J connectivity index is 1.52. The number of nitrogens with zero attached hydrogens (tertiary/aromatic N) is 4. The predicted octanol–water partition coefficient (Wildman–Crippen LogP) is 3.61. The van der Waals surface area contributed by atoms with Crippen molar-refractivity contribution in [2.75, 3.05) is 5.32 Å². The number of anilines is 1. The van der Waals surface area contributed by atoms with Gasteiger partial charge in [-0.3, -0.25) is 14.8 Å². The van der Waals surface area contributed by atoms with Crippen LogP contribution in [0.5, 0.6) is 0 Å². The largest absolute Gasteiger partial charge is 0.440 e. The van der Waals surface area contributed by atoms with Crippen molar-refractivity contribution >= 4 is 22.4 Å². The normalized spacial score (nSPS) is 16.5. The van der Waals surface area contributed by atoms with Gasteiger partial charge in [0.25, 0.3) is 5.91 Å². The number of fused-ring (bicyclic) bond motifs is 1. The lowest BCUT2D eigenvalue weighted by Gasteiger charge is -2.18. The van der Waals surface area contributed by atoms with Gasteiger partial charge in [-0.1, -0.05) is 13.3 Å². The Morgan fingerprint density at radius 1 is 1.46 bits per heavy atom. The molecule has 0 aromatic carbocycles. The topological polar surface area (TPSA) is 85.8 Å². The summed E-state index contributed by atoms with van der Waals surface area (Å²) >= 11 is 1.58. The Hall–Kier alpha value is -2.48. The zero-order chi connectivity index (χ0) is 18.3. The van der Waals surface area contributed by atoms with Crippen LogP contribution in [-0.2, 0) is 19.9 Å². The molecule has 136 valence electrons. The van der Waals surface area contributed by atoms with Crippen LogP contribution < -0.4 is 5.32 Å². The molecule has 1 unspecified atom stereocenters. The second-order valence-electron chi connectivity index (χ2n) is 6.69. The third kappa shape index (κ3) is 3.16. The molecule has 1 atom stereocenters. The first-order valence-corrected chi connectivity index (χ1v) is 9.61. The fourth-order valence-electron chi connectivity index (χ4n) is 3.26. The summed E-state index contributed by atoms with van der Waals surface area (Å²) in [5, 5.41) is 7.63. The fourth-order valence-corrected chi connectivity index (χ4v) is 4.38. The molecule has 0 bridgehead atoms. The van der Waals surface area contributed by atoms with Crippen molar-refractivity contribution in [1.29, 1.82) is 0 Å². The predicted molar refractivity (Wildman–Crippen MR) is 99.3 cm³/mol. The van der Waals surface area contributed by atoms with E-state index in [1.807, 2.05) is 7.05 Å². The highest BCUT2D eigenvalue weighted by molar-refractivity contribution is 7.15. The van der Waals surface area contributed by atoms with Gasteiger partial charge in [-0.15, -0.1) is 11.3 Å². The quantitative estimate of drug-likeness (QED) is 0.757. The van der Waals surface area contributed by atoms with Crippen LogP contribution in [-0.4, -0.2) is 25.7 Å². The van der Waals surface area contributed by atoms with E-state index in [1.54, 1.807) is 35.3 Å². The summed E-state index contributed by atoms with van der Waals surface area (Å²) in [5.74, 6) is 1.31. The second kappa shape index (κ2) is 6.68. The van der Waals surface area contributed by atoms with E-state index in [2.05, 4.69) is 27.3 Å². The molecule has 0 aliphatic heterocycles. The maximum atomic E-state index is 12.6. The highest BCUT2D eigenvalue weighted by Crippen LogP contribution is 2.33. The lowest BCUT2D eigenvalue weighted by atomic mass is 9.89. The van der Waals surface area contributed by atoms with Crippen molar-refractivity contribution < 1.29 is 9.21 Å². The molecule has 0 spiro atoms. The van der Waals surface area contributed by atoms with Crippen LogP contribution >= 0.6 is 11.3 Å². The van der Waals surface area contributed by atoms with E-state index in [9.17, 15) is 4.79 Å². The number of nitrogens with one attached hydrogen (secondary N) is 1. The van der Waals surface area contributed by atoms with Gasteiger partial charge in [0.2, 0.25) is 5.89 Å². The summed E-state index contributed by atoms with van der Waals surface area (Å²) in [6.07, 6.45) is 7.88. The third-order valence-corrected chi connectivity index (χ3v) is 5.84. The number of oxazole rings is 1. The molecule has 0 saturated carbocycles. The molecular weight excluding hydrogens is 350 g/mol. The van der Waals surface area contributed by atoms with Gasteiger partial charge in [-0.05, 0) is 32.1 Å². The molecule has 0 saturated heterocycles. The molecule has 3 heterocycles. The fraction of sp³-hybridized carbons (Fsp3) is 0.444. The first-order chi connectivity index (χ1) is 12.5. The SMILES string of the molecule is CCC1CCc2nc(NC(=O)c3nc(-c4cnn(C)c4)oc3C)sc2C1. The van der Waals surface area contributed by atoms with Crippen LogP contribution in [0, 0.1) is 12.8 Å². The van der Waals surface area contributed by atoms with Gasteiger partial charge >= 0.3 is 0 Å². The summed E-state index contributed by atoms with van der Waals surface area (Å²) in [6, 6.07) is 0. The number of hydrogen-bond acceptors (Lipinski definition) is 6. The lowest BCUT2D eigenvalue weighted by molar-refractivity contribution is 0.102. The first-order valence-electron chi connectivity index (χ1n) is 8.79. The molecule has 26 heavy (non-hydrogen) atoms. The molecule has 7 nitrogen and oxygen atoms in total. The van der Waals surface area contributed by atoms with Crippen LogP contribution in [0.2, 0.25) is 0 Å². The van der Waals surface area contributed by atoms with Crippen LogP contribution in [0.4, 0.5) is 5.13 Å². The molecule has 1 aliphatic rings. The minimum atomic E-state index is -0.292. The van der Waals surface area contributed by atoms with Gasteiger partial charge in [0.05, 0.1) is 17.5 Å². The zero-order valence-corrected chi connectivity index (χ0v) is 15.9. The van der Waals surface area contributed by atoms with Crippen molar-refractivity contribution in [3.63, 3.8) is 0 Å². The van der Waals surface area contributed by atoms with Crippen LogP contribution in [0.25, 0.3) is 11.5 Å². The monoisotopic (exact) mass is 371 g/mol. The van der Waals surface area contributed by atoms with E-state index < -0.39 is 0 Å². The standard InChI is InChI=1S/C18H21N5O2S/c1-4-11-5-6-13-14(7-11)26-18(20-13)22-16(24)15-10(2)25-17(21-15)12-8-19-23(3)9-12/h8-9,11H,4-7H2,1-3H3,(H,20,22,24). The van der Waals surface area contributed by atoms with E-state index in [4.69, 9.17) is 4.42 Å². The Morgan fingerprint density at radius 2 is 2.31 bits per heavy atom. The maximum absolute atomic E-state index is 12.6. The number of aryl methyl sites for hydroxylation is 3. The number of amides is 1. The van der Waals surface area contributed by atoms with E-state index in [0.717, 1.165) is 30.0 Å². The Kier molecular flexibility index (Phi) is 4.36. The number of aromatic nitrogens is 4. The molecule has 1 N–H and O–H groups in total. The summed E-state index contributed by atoms with van der Waals surface area (Å²) in [4.78, 5) is 22.9. The van der Waals surface area contributed by atoms with Gasteiger partial charge in [0.1, 0.15) is 5.76 Å². The van der Waals surface area contributed by atoms with Crippen molar-refractivity contribution in [2.45, 2.75) is 39.5 Å². The smallest absolute Gasteiger partial charge is 0.279 e. The van der Waals surface area contributed by atoms with Crippen molar-refractivity contribution in [3.05, 3.63) is 34.4 Å². The summed E-state index contributed by atoms with van der Waals surface area (Å²) < 4.78 is 7.31. The Labute approximate surface area is 155 Å². The third-order valence-electron chi connectivity index (χ3n) is 4.80. The van der Waals surface area contributed by atoms with E-state index >= 15 is 0 Å². The highest BCUT2D eigenvalue weighted by atomic mass is 32.1. The number of carbonyl (C=O) groups is 1. The number of hydrogen-bond donors (Lipinski definition) is 1. The molecule has 0 radical (unpaired) electrons. The van der Waals surface area contributed by atoms with Crippen LogP contribution in [0.15, 0.2) is 16.8 Å². The Bertz CT molecular complexity index is 955. The van der Waals surface area contributed by atoms with Gasteiger partial charge in [0, 0.05) is 18.1 Å². The average molecular weight is 371 g/mol. The summed E-state index contributed by atoms with van der Waals surface area (Å²) in [5.41, 5.74) is 2.15. The van der Waals surface area contributed by atoms with Crippen LogP contribution in [0.3, 0.4) is 0 Å². The summed E-state index contributed by atoms with van der Waals surface area (Å²) in [7, 11) is 1.82. The number of thiazole rings is 1. The van der Waals surface area contributed by atoms with Crippen LogP contribution in [0.1, 0.15) is 46.6 Å². The maximum Gasteiger partial charge on any atom is 0.279 e. The minimum Gasteiger partial charge on any atom is -0.440 e. The average Bonchev–Trinajstić information content (AvgIpc) is 3.31. The molecule has 8 heteroatoms. The molecule has 1 aliphatic carbocycles. The molecule has 3 aromatic heterocycles. The molecule has 0 fully saturated rings. The Morgan fingerprint density at radius 3 is 3.04 bits per heavy atom. The minimum absolute atomic E-state index is 0.281. The number of rotatable bonds is 4. The van der Waals surface area contributed by atoms with Gasteiger partial charge in [-0.2, -0.15) is 5.10 Å². The lowest BCUT2D eigenvalue weighted by Crippen LogP contribution is -2.13.